The number of carbonyl (C=O) groups is 1. The summed E-state index contributed by atoms with van der Waals surface area (Å²) in [6.07, 6.45) is 0.736. The Hall–Kier alpha value is -2.60. The van der Waals surface area contributed by atoms with Gasteiger partial charge in [-0.05, 0) is 18.9 Å². The second-order valence-electron chi connectivity index (χ2n) is 5.78. The predicted molar refractivity (Wildman–Crippen MR) is 99.2 cm³/mol. The fourth-order valence-corrected chi connectivity index (χ4v) is 3.32. The summed E-state index contributed by atoms with van der Waals surface area (Å²) in [5.74, 6) is 0.272. The average molecular weight is 353 g/mol. The lowest BCUT2D eigenvalue weighted by atomic mass is 10.1. The van der Waals surface area contributed by atoms with Crippen LogP contribution < -0.4 is 5.69 Å². The van der Waals surface area contributed by atoms with Crippen LogP contribution in [0.1, 0.15) is 21.5 Å². The van der Waals surface area contributed by atoms with Gasteiger partial charge in [0.2, 0.25) is 0 Å². The average Bonchev–Trinajstić information content (AvgIpc) is 2.99. The largest absolute Gasteiger partial charge is 0.343 e. The summed E-state index contributed by atoms with van der Waals surface area (Å²) >= 11 is 1.28. The van der Waals surface area contributed by atoms with E-state index in [0.717, 1.165) is 17.5 Å². The highest BCUT2D eigenvalue weighted by Crippen LogP contribution is 2.16. The van der Waals surface area contributed by atoms with Crippen LogP contribution in [-0.2, 0) is 13.0 Å². The van der Waals surface area contributed by atoms with E-state index < -0.39 is 0 Å². The maximum Gasteiger partial charge on any atom is 0.343 e. The molecule has 2 aromatic carbocycles. The molecule has 1 aromatic heterocycles. The molecule has 0 aliphatic heterocycles. The Morgan fingerprint density at radius 2 is 1.84 bits per heavy atom. The van der Waals surface area contributed by atoms with Gasteiger partial charge < -0.3 is 0 Å². The third-order valence-electron chi connectivity index (χ3n) is 3.90. The van der Waals surface area contributed by atoms with Crippen LogP contribution >= 0.6 is 11.8 Å². The van der Waals surface area contributed by atoms with E-state index in [1.54, 1.807) is 4.57 Å². The standard InChI is InChI=1S/C19H19N3O2S/c1-14-7-9-16(10-8-14)17(23)13-25-19-21-20-18(24)22(19)12-11-15-5-3-2-4-6-15/h2-10H,11-13H2,1H3,(H,20,24). The molecule has 0 unspecified atom stereocenters. The minimum absolute atomic E-state index is 0.0232. The molecule has 0 atom stereocenters. The number of thioether (sulfide) groups is 1. The van der Waals surface area contributed by atoms with Crippen molar-refractivity contribution in [3.63, 3.8) is 0 Å². The lowest BCUT2D eigenvalue weighted by molar-refractivity contribution is 0.102. The fourth-order valence-electron chi connectivity index (χ4n) is 2.45. The summed E-state index contributed by atoms with van der Waals surface area (Å²) < 4.78 is 1.58. The number of aromatic amines is 1. The molecule has 0 saturated carbocycles. The predicted octanol–water partition coefficient (Wildman–Crippen LogP) is 3.10. The summed E-state index contributed by atoms with van der Waals surface area (Å²) in [5.41, 5.74) is 2.70. The van der Waals surface area contributed by atoms with Gasteiger partial charge in [-0.25, -0.2) is 9.89 Å². The van der Waals surface area contributed by atoms with E-state index in [2.05, 4.69) is 10.2 Å². The normalized spacial score (nSPS) is 10.8. The van der Waals surface area contributed by atoms with Gasteiger partial charge in [0.15, 0.2) is 10.9 Å². The van der Waals surface area contributed by atoms with Crippen molar-refractivity contribution in [2.24, 2.45) is 0 Å². The van der Waals surface area contributed by atoms with E-state index in [4.69, 9.17) is 0 Å². The first-order valence-electron chi connectivity index (χ1n) is 8.05. The van der Waals surface area contributed by atoms with Crippen LogP contribution in [0.5, 0.6) is 0 Å². The third-order valence-corrected chi connectivity index (χ3v) is 4.87. The molecule has 1 N–H and O–H groups in total. The lowest BCUT2D eigenvalue weighted by Gasteiger charge is -2.06. The highest BCUT2D eigenvalue weighted by Gasteiger charge is 2.12. The molecular weight excluding hydrogens is 334 g/mol. The van der Waals surface area contributed by atoms with Gasteiger partial charge in [0.1, 0.15) is 0 Å². The van der Waals surface area contributed by atoms with Crippen molar-refractivity contribution in [2.75, 3.05) is 5.75 Å². The van der Waals surface area contributed by atoms with Gasteiger partial charge >= 0.3 is 5.69 Å². The van der Waals surface area contributed by atoms with Crippen LogP contribution in [0.3, 0.4) is 0 Å². The van der Waals surface area contributed by atoms with E-state index in [1.807, 2.05) is 61.5 Å². The van der Waals surface area contributed by atoms with E-state index in [9.17, 15) is 9.59 Å². The molecule has 6 heteroatoms. The minimum Gasteiger partial charge on any atom is -0.293 e. The smallest absolute Gasteiger partial charge is 0.293 e. The van der Waals surface area contributed by atoms with Crippen molar-refractivity contribution < 1.29 is 4.79 Å². The van der Waals surface area contributed by atoms with Crippen LogP contribution in [-0.4, -0.2) is 26.3 Å². The number of H-pyrrole nitrogens is 1. The zero-order chi connectivity index (χ0) is 17.6. The number of rotatable bonds is 7. The summed E-state index contributed by atoms with van der Waals surface area (Å²) in [6, 6.07) is 17.5. The van der Waals surface area contributed by atoms with Gasteiger partial charge in [0, 0.05) is 12.1 Å². The van der Waals surface area contributed by atoms with Crippen molar-refractivity contribution in [1.82, 2.24) is 14.8 Å². The molecule has 0 aliphatic carbocycles. The van der Waals surface area contributed by atoms with Crippen molar-refractivity contribution >= 4 is 17.5 Å². The number of ketones is 1. The summed E-state index contributed by atoms with van der Waals surface area (Å²) in [4.78, 5) is 24.2. The summed E-state index contributed by atoms with van der Waals surface area (Å²) in [6.45, 7) is 2.51. The number of hydrogen-bond acceptors (Lipinski definition) is 4. The van der Waals surface area contributed by atoms with E-state index in [-0.39, 0.29) is 17.2 Å². The molecule has 0 fully saturated rings. The second kappa shape index (κ2) is 7.98. The number of hydrogen-bond donors (Lipinski definition) is 1. The van der Waals surface area contributed by atoms with Crippen LogP contribution in [0.2, 0.25) is 0 Å². The highest BCUT2D eigenvalue weighted by atomic mass is 32.2. The van der Waals surface area contributed by atoms with Crippen LogP contribution in [0.15, 0.2) is 64.5 Å². The van der Waals surface area contributed by atoms with Crippen LogP contribution in [0.4, 0.5) is 0 Å². The molecule has 1 heterocycles. The molecule has 128 valence electrons. The van der Waals surface area contributed by atoms with Gasteiger partial charge in [0.05, 0.1) is 5.75 Å². The molecule has 0 amide bonds. The number of benzene rings is 2. The van der Waals surface area contributed by atoms with Crippen LogP contribution in [0, 0.1) is 6.92 Å². The molecule has 3 rings (SSSR count). The molecule has 0 spiro atoms. The molecule has 3 aromatic rings. The number of aromatic nitrogens is 3. The van der Waals surface area contributed by atoms with E-state index in [1.165, 1.54) is 11.8 Å². The fraction of sp³-hybridized carbons (Fsp3) is 0.211. The van der Waals surface area contributed by atoms with Gasteiger partial charge in [-0.1, -0.05) is 71.9 Å². The quantitative estimate of drug-likeness (QED) is 0.523. The number of carbonyl (C=O) groups excluding carboxylic acids is 1. The maximum atomic E-state index is 12.3. The first kappa shape index (κ1) is 17.2. The van der Waals surface area contributed by atoms with Gasteiger partial charge in [-0.2, -0.15) is 0 Å². The Morgan fingerprint density at radius 1 is 1.12 bits per heavy atom. The third kappa shape index (κ3) is 4.48. The molecule has 0 bridgehead atoms. The van der Waals surface area contributed by atoms with Crippen molar-refractivity contribution in [1.29, 1.82) is 0 Å². The van der Waals surface area contributed by atoms with Crippen molar-refractivity contribution in [2.45, 2.75) is 25.0 Å². The Morgan fingerprint density at radius 3 is 2.56 bits per heavy atom. The molecule has 25 heavy (non-hydrogen) atoms. The van der Waals surface area contributed by atoms with Gasteiger partial charge in [-0.3, -0.25) is 9.36 Å². The summed E-state index contributed by atoms with van der Waals surface area (Å²) in [5, 5.41) is 7.06. The zero-order valence-corrected chi connectivity index (χ0v) is 14.8. The number of nitrogens with zero attached hydrogens (tertiary/aromatic N) is 2. The van der Waals surface area contributed by atoms with E-state index >= 15 is 0 Å². The maximum absolute atomic E-state index is 12.3. The Balaban J connectivity index is 1.64. The topological polar surface area (TPSA) is 67.8 Å². The van der Waals surface area contributed by atoms with E-state index in [0.29, 0.717) is 17.3 Å². The Labute approximate surface area is 150 Å². The first-order chi connectivity index (χ1) is 12.1. The Bertz CT molecular complexity index is 898. The number of Topliss-reactive ketones (excluding diaryl/α,β-unsaturated/α-hetero) is 1. The first-order valence-corrected chi connectivity index (χ1v) is 9.04. The Kier molecular flexibility index (Phi) is 5.50. The SMILES string of the molecule is Cc1ccc(C(=O)CSc2n[nH]c(=O)n2CCc2ccccc2)cc1. The molecule has 0 radical (unpaired) electrons. The monoisotopic (exact) mass is 353 g/mol. The summed E-state index contributed by atoms with van der Waals surface area (Å²) in [7, 11) is 0. The number of nitrogens with one attached hydrogen (secondary N) is 1. The number of aryl methyl sites for hydroxylation is 2. The minimum atomic E-state index is -0.249. The van der Waals surface area contributed by atoms with Gasteiger partial charge in [-0.15, -0.1) is 5.10 Å². The molecule has 0 aliphatic rings. The van der Waals surface area contributed by atoms with Crippen molar-refractivity contribution in [3.05, 3.63) is 81.8 Å². The highest BCUT2D eigenvalue weighted by molar-refractivity contribution is 7.99. The van der Waals surface area contributed by atoms with Gasteiger partial charge in [0.25, 0.3) is 0 Å². The second-order valence-corrected chi connectivity index (χ2v) is 6.72. The zero-order valence-electron chi connectivity index (χ0n) is 13.9. The molecule has 0 saturated heterocycles. The molecule has 5 nitrogen and oxygen atoms in total. The lowest BCUT2D eigenvalue weighted by Crippen LogP contribution is -2.19. The van der Waals surface area contributed by atoms with Crippen LogP contribution in [0.25, 0.3) is 0 Å². The molecular formula is C19H19N3O2S. The van der Waals surface area contributed by atoms with Crippen molar-refractivity contribution in [3.8, 4) is 0 Å².